The minimum absolute atomic E-state index is 0.545. The van der Waals surface area contributed by atoms with Crippen molar-refractivity contribution in [1.29, 1.82) is 0 Å². The summed E-state index contributed by atoms with van der Waals surface area (Å²) in [6.07, 6.45) is 0. The molecule has 0 fully saturated rings. The lowest BCUT2D eigenvalue weighted by Crippen LogP contribution is -1.96. The second-order valence-electron chi connectivity index (χ2n) is 5.52. The lowest BCUT2D eigenvalue weighted by atomic mass is 9.90. The molecule has 2 rings (SSSR count). The molecule has 98 valence electrons. The van der Waals surface area contributed by atoms with Gasteiger partial charge in [-0.15, -0.1) is 0 Å². The van der Waals surface area contributed by atoms with Crippen LogP contribution in [0.15, 0.2) is 49.0 Å². The van der Waals surface area contributed by atoms with E-state index in [1.807, 2.05) is 0 Å². The lowest BCUT2D eigenvalue weighted by molar-refractivity contribution is 0.865. The fraction of sp³-hybridized carbons (Fsp3) is 0.263. The number of aryl methyl sites for hydroxylation is 2. The van der Waals surface area contributed by atoms with Crippen molar-refractivity contribution in [2.75, 3.05) is 0 Å². The van der Waals surface area contributed by atoms with E-state index in [1.165, 1.54) is 27.8 Å². The van der Waals surface area contributed by atoms with Gasteiger partial charge in [-0.3, -0.25) is 0 Å². The van der Waals surface area contributed by atoms with Crippen LogP contribution in [0.2, 0.25) is 0 Å². The molecule has 0 heteroatoms. The highest BCUT2D eigenvalue weighted by molar-refractivity contribution is 5.81. The number of hydrogen-bond acceptors (Lipinski definition) is 0. The molecule has 0 saturated carbocycles. The zero-order chi connectivity index (χ0) is 14.0. The Balaban J connectivity index is 2.50. The Hall–Kier alpha value is -1.82. The summed E-state index contributed by atoms with van der Waals surface area (Å²) < 4.78 is 0. The summed E-state index contributed by atoms with van der Waals surface area (Å²) >= 11 is 0. The van der Waals surface area contributed by atoms with E-state index in [0.29, 0.717) is 5.92 Å². The first-order valence-electron chi connectivity index (χ1n) is 6.86. The standard InChI is InChI=1S/C19H22/c1-13(2)17-11-10-15(4)19(12-17)16(5)18-9-7-6-8-14(18)3/h6-13H,5H2,1-4H3. The highest BCUT2D eigenvalue weighted by Crippen LogP contribution is 2.29. The van der Waals surface area contributed by atoms with Crippen LogP contribution >= 0.6 is 0 Å². The van der Waals surface area contributed by atoms with Crippen molar-refractivity contribution in [2.24, 2.45) is 0 Å². The smallest absolute Gasteiger partial charge is 0.0152 e. The van der Waals surface area contributed by atoms with Crippen molar-refractivity contribution < 1.29 is 0 Å². The van der Waals surface area contributed by atoms with Crippen LogP contribution in [0, 0.1) is 13.8 Å². The molecule has 0 heterocycles. The third kappa shape index (κ3) is 2.78. The molecular formula is C19H22. The van der Waals surface area contributed by atoms with Crippen molar-refractivity contribution in [3.63, 3.8) is 0 Å². The van der Waals surface area contributed by atoms with Crippen LogP contribution < -0.4 is 0 Å². The molecule has 19 heavy (non-hydrogen) atoms. The summed E-state index contributed by atoms with van der Waals surface area (Å²) in [6.45, 7) is 13.1. The first-order chi connectivity index (χ1) is 9.00. The van der Waals surface area contributed by atoms with Crippen LogP contribution in [-0.2, 0) is 0 Å². The van der Waals surface area contributed by atoms with Crippen LogP contribution in [0.4, 0.5) is 0 Å². The molecule has 0 aromatic heterocycles. The van der Waals surface area contributed by atoms with Gasteiger partial charge in [-0.1, -0.05) is 62.9 Å². The summed E-state index contributed by atoms with van der Waals surface area (Å²) in [5, 5.41) is 0. The number of rotatable bonds is 3. The minimum Gasteiger partial charge on any atom is -0.0905 e. The summed E-state index contributed by atoms with van der Waals surface area (Å²) in [4.78, 5) is 0. The van der Waals surface area contributed by atoms with E-state index >= 15 is 0 Å². The summed E-state index contributed by atoms with van der Waals surface area (Å²) in [5.41, 5.74) is 7.57. The Bertz CT molecular complexity index is 603. The van der Waals surface area contributed by atoms with Gasteiger partial charge in [-0.05, 0) is 53.2 Å². The van der Waals surface area contributed by atoms with E-state index < -0.39 is 0 Å². The van der Waals surface area contributed by atoms with Crippen LogP contribution in [0.25, 0.3) is 5.57 Å². The third-order valence-corrected chi connectivity index (χ3v) is 3.72. The van der Waals surface area contributed by atoms with Gasteiger partial charge in [0.05, 0.1) is 0 Å². The molecule has 0 aliphatic heterocycles. The van der Waals surface area contributed by atoms with Crippen molar-refractivity contribution >= 4 is 5.57 Å². The van der Waals surface area contributed by atoms with Crippen LogP contribution in [-0.4, -0.2) is 0 Å². The zero-order valence-electron chi connectivity index (χ0n) is 12.3. The summed E-state index contributed by atoms with van der Waals surface area (Å²) in [7, 11) is 0. The maximum atomic E-state index is 4.32. The van der Waals surface area contributed by atoms with Gasteiger partial charge < -0.3 is 0 Å². The Morgan fingerprint density at radius 3 is 2.16 bits per heavy atom. The van der Waals surface area contributed by atoms with E-state index in [-0.39, 0.29) is 0 Å². The monoisotopic (exact) mass is 250 g/mol. The molecule has 0 saturated heterocycles. The van der Waals surface area contributed by atoms with Crippen LogP contribution in [0.3, 0.4) is 0 Å². The van der Waals surface area contributed by atoms with E-state index in [4.69, 9.17) is 0 Å². The fourth-order valence-corrected chi connectivity index (χ4v) is 2.38. The van der Waals surface area contributed by atoms with E-state index in [9.17, 15) is 0 Å². The fourth-order valence-electron chi connectivity index (χ4n) is 2.38. The molecule has 0 radical (unpaired) electrons. The predicted molar refractivity (Wildman–Crippen MR) is 84.6 cm³/mol. The molecule has 0 bridgehead atoms. The molecule has 0 aliphatic carbocycles. The van der Waals surface area contributed by atoms with Crippen LogP contribution in [0.1, 0.15) is 47.6 Å². The van der Waals surface area contributed by atoms with Crippen molar-refractivity contribution in [3.05, 3.63) is 76.9 Å². The zero-order valence-corrected chi connectivity index (χ0v) is 12.3. The van der Waals surface area contributed by atoms with E-state index in [0.717, 1.165) is 5.57 Å². The largest absolute Gasteiger partial charge is 0.0905 e. The molecule has 0 atom stereocenters. The quantitative estimate of drug-likeness (QED) is 0.676. The molecule has 0 amide bonds. The van der Waals surface area contributed by atoms with Gasteiger partial charge in [0.15, 0.2) is 0 Å². The number of benzene rings is 2. The van der Waals surface area contributed by atoms with Gasteiger partial charge in [0.25, 0.3) is 0 Å². The van der Waals surface area contributed by atoms with E-state index in [2.05, 4.69) is 76.7 Å². The van der Waals surface area contributed by atoms with Crippen LogP contribution in [0.5, 0.6) is 0 Å². The third-order valence-electron chi connectivity index (χ3n) is 3.72. The average molecular weight is 250 g/mol. The van der Waals surface area contributed by atoms with Gasteiger partial charge in [0.2, 0.25) is 0 Å². The predicted octanol–water partition coefficient (Wildman–Crippen LogP) is 5.49. The SMILES string of the molecule is C=C(c1ccccc1C)c1cc(C(C)C)ccc1C. The first-order valence-corrected chi connectivity index (χ1v) is 6.86. The Morgan fingerprint density at radius 2 is 1.53 bits per heavy atom. The van der Waals surface area contributed by atoms with Gasteiger partial charge >= 0.3 is 0 Å². The lowest BCUT2D eigenvalue weighted by Gasteiger charge is -2.15. The average Bonchev–Trinajstić information content (AvgIpc) is 2.38. The molecule has 0 unspecified atom stereocenters. The Labute approximate surface area is 116 Å². The Kier molecular flexibility index (Phi) is 3.90. The normalized spacial score (nSPS) is 10.8. The minimum atomic E-state index is 0.545. The van der Waals surface area contributed by atoms with Crippen molar-refractivity contribution in [2.45, 2.75) is 33.6 Å². The number of hydrogen-bond donors (Lipinski definition) is 0. The maximum absolute atomic E-state index is 4.32. The van der Waals surface area contributed by atoms with Crippen molar-refractivity contribution in [3.8, 4) is 0 Å². The van der Waals surface area contributed by atoms with E-state index in [1.54, 1.807) is 0 Å². The second-order valence-corrected chi connectivity index (χ2v) is 5.52. The molecule has 0 N–H and O–H groups in total. The first kappa shape index (κ1) is 13.6. The molecular weight excluding hydrogens is 228 g/mol. The second kappa shape index (κ2) is 5.44. The van der Waals surface area contributed by atoms with Crippen molar-refractivity contribution in [1.82, 2.24) is 0 Å². The molecule has 2 aromatic carbocycles. The highest BCUT2D eigenvalue weighted by atomic mass is 14.1. The topological polar surface area (TPSA) is 0 Å². The van der Waals surface area contributed by atoms with Gasteiger partial charge in [-0.25, -0.2) is 0 Å². The molecule has 0 nitrogen and oxygen atoms in total. The summed E-state index contributed by atoms with van der Waals surface area (Å²) in [5.74, 6) is 0.545. The van der Waals surface area contributed by atoms with Gasteiger partial charge in [0, 0.05) is 0 Å². The highest BCUT2D eigenvalue weighted by Gasteiger charge is 2.09. The maximum Gasteiger partial charge on any atom is -0.0152 e. The van der Waals surface area contributed by atoms with Gasteiger partial charge in [-0.2, -0.15) is 0 Å². The molecule has 2 aromatic rings. The molecule has 0 spiro atoms. The Morgan fingerprint density at radius 1 is 0.895 bits per heavy atom. The molecule has 0 aliphatic rings. The van der Waals surface area contributed by atoms with Gasteiger partial charge in [0.1, 0.15) is 0 Å². The summed E-state index contributed by atoms with van der Waals surface area (Å²) in [6, 6.07) is 15.2.